The smallest absolute Gasteiger partial charge is 0.239 e. The van der Waals surface area contributed by atoms with Crippen molar-refractivity contribution in [1.82, 2.24) is 5.32 Å². The van der Waals surface area contributed by atoms with Gasteiger partial charge in [-0.3, -0.25) is 4.79 Å². The minimum absolute atomic E-state index is 0. The number of hydrogen-bond acceptors (Lipinski definition) is 4. The van der Waals surface area contributed by atoms with Crippen molar-refractivity contribution in [1.29, 1.82) is 0 Å². The molecule has 7 heteroatoms. The molecule has 4 nitrogen and oxygen atoms in total. The molecule has 0 saturated carbocycles. The molecule has 0 saturated heterocycles. The highest BCUT2D eigenvalue weighted by Crippen LogP contribution is 2.20. The molecule has 0 aliphatic rings. The predicted molar refractivity (Wildman–Crippen MR) is 68.3 cm³/mol. The SMILES string of the molecule is COCC(N)C(=O)NCc1ccc(Cl)s1.Cl. The van der Waals surface area contributed by atoms with Gasteiger partial charge in [0.2, 0.25) is 5.91 Å². The minimum Gasteiger partial charge on any atom is -0.383 e. The molecule has 1 rings (SSSR count). The largest absolute Gasteiger partial charge is 0.383 e. The monoisotopic (exact) mass is 284 g/mol. The van der Waals surface area contributed by atoms with Crippen molar-refractivity contribution in [2.75, 3.05) is 13.7 Å². The van der Waals surface area contributed by atoms with Gasteiger partial charge in [0.1, 0.15) is 6.04 Å². The van der Waals surface area contributed by atoms with Crippen LogP contribution in [0.4, 0.5) is 0 Å². The number of carbonyl (C=O) groups is 1. The first kappa shape index (κ1) is 15.7. The van der Waals surface area contributed by atoms with Crippen LogP contribution in [0.2, 0.25) is 4.34 Å². The fraction of sp³-hybridized carbons (Fsp3) is 0.444. The Hall–Kier alpha value is -0.330. The second kappa shape index (κ2) is 7.86. The maximum Gasteiger partial charge on any atom is 0.239 e. The van der Waals surface area contributed by atoms with Crippen LogP contribution >= 0.6 is 35.3 Å². The van der Waals surface area contributed by atoms with Crippen LogP contribution in [0, 0.1) is 0 Å². The number of nitrogens with one attached hydrogen (secondary N) is 1. The Morgan fingerprint density at radius 3 is 2.88 bits per heavy atom. The van der Waals surface area contributed by atoms with Gasteiger partial charge in [0.25, 0.3) is 0 Å². The molecule has 0 aliphatic carbocycles. The van der Waals surface area contributed by atoms with E-state index >= 15 is 0 Å². The summed E-state index contributed by atoms with van der Waals surface area (Å²) < 4.78 is 5.49. The zero-order chi connectivity index (χ0) is 11.3. The summed E-state index contributed by atoms with van der Waals surface area (Å²) in [6.07, 6.45) is 0. The molecule has 1 aromatic rings. The van der Waals surface area contributed by atoms with Crippen molar-refractivity contribution in [3.8, 4) is 0 Å². The molecule has 0 fully saturated rings. The number of methoxy groups -OCH3 is 1. The molecule has 1 aromatic heterocycles. The molecule has 1 heterocycles. The third-order valence-electron chi connectivity index (χ3n) is 1.75. The van der Waals surface area contributed by atoms with Gasteiger partial charge in [0.05, 0.1) is 17.5 Å². The Labute approximate surface area is 110 Å². The highest BCUT2D eigenvalue weighted by molar-refractivity contribution is 7.16. The van der Waals surface area contributed by atoms with Gasteiger partial charge in [-0.2, -0.15) is 0 Å². The molecule has 0 aliphatic heterocycles. The van der Waals surface area contributed by atoms with Crippen molar-refractivity contribution >= 4 is 41.3 Å². The second-order valence-electron chi connectivity index (χ2n) is 2.99. The molecule has 1 unspecified atom stereocenters. The lowest BCUT2D eigenvalue weighted by Crippen LogP contribution is -2.43. The van der Waals surface area contributed by atoms with E-state index in [1.165, 1.54) is 18.4 Å². The third kappa shape index (κ3) is 5.14. The lowest BCUT2D eigenvalue weighted by molar-refractivity contribution is -0.123. The summed E-state index contributed by atoms with van der Waals surface area (Å²) in [6, 6.07) is 3.04. The maximum absolute atomic E-state index is 11.4. The van der Waals surface area contributed by atoms with Gasteiger partial charge in [-0.1, -0.05) is 11.6 Å². The van der Waals surface area contributed by atoms with Gasteiger partial charge in [-0.05, 0) is 12.1 Å². The molecule has 0 spiro atoms. The number of hydrogen-bond donors (Lipinski definition) is 2. The van der Waals surface area contributed by atoms with E-state index in [0.717, 1.165) is 4.88 Å². The zero-order valence-electron chi connectivity index (χ0n) is 8.73. The van der Waals surface area contributed by atoms with Crippen LogP contribution < -0.4 is 11.1 Å². The number of nitrogens with two attached hydrogens (primary N) is 1. The Morgan fingerprint density at radius 2 is 2.38 bits per heavy atom. The predicted octanol–water partition coefficient (Wildman–Crippen LogP) is 1.41. The van der Waals surface area contributed by atoms with Gasteiger partial charge in [0.15, 0.2) is 0 Å². The van der Waals surface area contributed by atoms with E-state index in [1.54, 1.807) is 6.07 Å². The van der Waals surface area contributed by atoms with Gasteiger partial charge in [-0.25, -0.2) is 0 Å². The first-order chi connectivity index (χ1) is 7.13. The molecule has 0 radical (unpaired) electrons. The summed E-state index contributed by atoms with van der Waals surface area (Å²) in [7, 11) is 1.51. The van der Waals surface area contributed by atoms with Crippen LogP contribution in [0.5, 0.6) is 0 Å². The summed E-state index contributed by atoms with van der Waals surface area (Å²) in [5, 5.41) is 2.70. The van der Waals surface area contributed by atoms with Crippen LogP contribution in [-0.4, -0.2) is 25.7 Å². The average Bonchev–Trinajstić information content (AvgIpc) is 2.61. The first-order valence-electron chi connectivity index (χ1n) is 4.40. The number of ether oxygens (including phenoxy) is 1. The summed E-state index contributed by atoms with van der Waals surface area (Å²) >= 11 is 7.18. The Balaban J connectivity index is 0.00000225. The highest BCUT2D eigenvalue weighted by Gasteiger charge is 2.12. The Bertz CT molecular complexity index is 333. The van der Waals surface area contributed by atoms with E-state index in [4.69, 9.17) is 22.1 Å². The zero-order valence-corrected chi connectivity index (χ0v) is 11.1. The molecule has 0 bridgehead atoms. The highest BCUT2D eigenvalue weighted by atomic mass is 35.5. The number of halogens is 2. The molecule has 1 amide bonds. The van der Waals surface area contributed by atoms with Crippen molar-refractivity contribution in [2.24, 2.45) is 5.73 Å². The van der Waals surface area contributed by atoms with Crippen molar-refractivity contribution in [3.05, 3.63) is 21.3 Å². The fourth-order valence-electron chi connectivity index (χ4n) is 1.01. The number of rotatable bonds is 5. The van der Waals surface area contributed by atoms with E-state index in [0.29, 0.717) is 10.9 Å². The van der Waals surface area contributed by atoms with E-state index in [9.17, 15) is 4.79 Å². The standard InChI is InChI=1S/C9H13ClN2O2S.ClH/c1-14-5-7(11)9(13)12-4-6-2-3-8(10)15-6;/h2-3,7H,4-5,11H2,1H3,(H,12,13);1H. The molecular weight excluding hydrogens is 271 g/mol. The normalized spacial score (nSPS) is 11.7. The summed E-state index contributed by atoms with van der Waals surface area (Å²) in [5.74, 6) is -0.221. The number of amides is 1. The van der Waals surface area contributed by atoms with E-state index in [1.807, 2.05) is 6.07 Å². The van der Waals surface area contributed by atoms with Crippen LogP contribution in [0.25, 0.3) is 0 Å². The molecule has 3 N–H and O–H groups in total. The molecule has 1 atom stereocenters. The Kier molecular flexibility index (Phi) is 7.70. The quantitative estimate of drug-likeness (QED) is 0.859. The molecule has 92 valence electrons. The number of thiophene rings is 1. The summed E-state index contributed by atoms with van der Waals surface area (Å²) in [6.45, 7) is 0.671. The lowest BCUT2D eigenvalue weighted by Gasteiger charge is -2.10. The topological polar surface area (TPSA) is 64.3 Å². The van der Waals surface area contributed by atoms with Crippen LogP contribution in [0.1, 0.15) is 4.88 Å². The maximum atomic E-state index is 11.4. The van der Waals surface area contributed by atoms with Gasteiger partial charge >= 0.3 is 0 Å². The van der Waals surface area contributed by atoms with Crippen LogP contribution in [-0.2, 0) is 16.1 Å². The molecule has 16 heavy (non-hydrogen) atoms. The van der Waals surface area contributed by atoms with Gasteiger partial charge in [-0.15, -0.1) is 23.7 Å². The van der Waals surface area contributed by atoms with Crippen molar-refractivity contribution in [3.63, 3.8) is 0 Å². The first-order valence-corrected chi connectivity index (χ1v) is 5.59. The lowest BCUT2D eigenvalue weighted by atomic mass is 10.3. The second-order valence-corrected chi connectivity index (χ2v) is 4.79. The van der Waals surface area contributed by atoms with E-state index in [2.05, 4.69) is 5.32 Å². The summed E-state index contributed by atoms with van der Waals surface area (Å²) in [5.41, 5.74) is 5.54. The summed E-state index contributed by atoms with van der Waals surface area (Å²) in [4.78, 5) is 12.4. The van der Waals surface area contributed by atoms with Crippen LogP contribution in [0.15, 0.2) is 12.1 Å². The van der Waals surface area contributed by atoms with Gasteiger partial charge in [0, 0.05) is 12.0 Å². The fourth-order valence-corrected chi connectivity index (χ4v) is 2.03. The van der Waals surface area contributed by atoms with Crippen LogP contribution in [0.3, 0.4) is 0 Å². The molecular formula is C9H14Cl2N2O2S. The van der Waals surface area contributed by atoms with Crippen molar-refractivity contribution < 1.29 is 9.53 Å². The van der Waals surface area contributed by atoms with Crippen molar-refractivity contribution in [2.45, 2.75) is 12.6 Å². The van der Waals surface area contributed by atoms with E-state index in [-0.39, 0.29) is 24.9 Å². The number of carbonyl (C=O) groups excluding carboxylic acids is 1. The molecule has 0 aromatic carbocycles. The Morgan fingerprint density at radius 1 is 1.69 bits per heavy atom. The van der Waals surface area contributed by atoms with Gasteiger partial charge < -0.3 is 15.8 Å². The van der Waals surface area contributed by atoms with E-state index < -0.39 is 6.04 Å². The average molecular weight is 285 g/mol. The third-order valence-corrected chi connectivity index (χ3v) is 2.98. The minimum atomic E-state index is -0.620.